The predicted octanol–water partition coefficient (Wildman–Crippen LogP) is 4.83. The molecule has 110 valence electrons. The molecule has 1 saturated carbocycles. The van der Waals surface area contributed by atoms with E-state index in [0.717, 1.165) is 33.9 Å². The normalized spacial score (nSPS) is 14.3. The Kier molecular flexibility index (Phi) is 3.98. The monoisotopic (exact) mass is 345 g/mol. The van der Waals surface area contributed by atoms with Crippen LogP contribution >= 0.6 is 15.9 Å². The zero-order valence-corrected chi connectivity index (χ0v) is 14.3. The Morgan fingerprint density at radius 2 is 1.95 bits per heavy atom. The summed E-state index contributed by atoms with van der Waals surface area (Å²) in [7, 11) is 0. The summed E-state index contributed by atoms with van der Waals surface area (Å²) in [6, 6.07) is 6.42. The average molecular weight is 346 g/mol. The van der Waals surface area contributed by atoms with Crippen molar-refractivity contribution in [1.29, 1.82) is 0 Å². The van der Waals surface area contributed by atoms with E-state index in [4.69, 9.17) is 9.97 Å². The first-order valence-corrected chi connectivity index (χ1v) is 8.28. The molecule has 1 aliphatic rings. The summed E-state index contributed by atoms with van der Waals surface area (Å²) >= 11 is 3.67. The van der Waals surface area contributed by atoms with Crippen LogP contribution in [0.4, 0.5) is 5.82 Å². The lowest BCUT2D eigenvalue weighted by molar-refractivity contribution is 0.973. The van der Waals surface area contributed by atoms with Crippen LogP contribution in [0.3, 0.4) is 0 Å². The van der Waals surface area contributed by atoms with Crippen LogP contribution in [0, 0.1) is 13.8 Å². The van der Waals surface area contributed by atoms with E-state index in [-0.39, 0.29) is 0 Å². The van der Waals surface area contributed by atoms with Crippen molar-refractivity contribution < 1.29 is 0 Å². The fourth-order valence-corrected chi connectivity index (χ4v) is 3.03. The zero-order chi connectivity index (χ0) is 15.0. The van der Waals surface area contributed by atoms with Crippen LogP contribution in [0.25, 0.3) is 11.4 Å². The van der Waals surface area contributed by atoms with Crippen LogP contribution in [0.1, 0.15) is 42.5 Å². The van der Waals surface area contributed by atoms with Crippen molar-refractivity contribution >= 4 is 21.7 Å². The molecule has 0 amide bonds. The minimum atomic E-state index is 0.588. The third kappa shape index (κ3) is 2.95. The summed E-state index contributed by atoms with van der Waals surface area (Å²) < 4.78 is 1.03. The molecule has 0 spiro atoms. The molecule has 21 heavy (non-hydrogen) atoms. The molecule has 0 bridgehead atoms. The zero-order valence-electron chi connectivity index (χ0n) is 12.7. The van der Waals surface area contributed by atoms with Crippen molar-refractivity contribution in [3.63, 3.8) is 0 Å². The fraction of sp³-hybridized carbons (Fsp3) is 0.412. The number of halogens is 1. The second kappa shape index (κ2) is 5.76. The molecular weight excluding hydrogens is 326 g/mol. The van der Waals surface area contributed by atoms with E-state index < -0.39 is 0 Å². The molecule has 0 saturated heterocycles. The van der Waals surface area contributed by atoms with Crippen molar-refractivity contribution in [3.05, 3.63) is 39.5 Å². The Balaban J connectivity index is 2.10. The fourth-order valence-electron chi connectivity index (χ4n) is 2.39. The molecule has 1 aromatic carbocycles. The summed E-state index contributed by atoms with van der Waals surface area (Å²) in [6.07, 6.45) is 2.46. The predicted molar refractivity (Wildman–Crippen MR) is 90.8 cm³/mol. The number of aromatic nitrogens is 2. The molecule has 1 fully saturated rings. The van der Waals surface area contributed by atoms with Gasteiger partial charge in [-0.1, -0.05) is 12.1 Å². The maximum atomic E-state index is 4.82. The summed E-state index contributed by atoms with van der Waals surface area (Å²) in [4.78, 5) is 9.53. The van der Waals surface area contributed by atoms with Gasteiger partial charge >= 0.3 is 0 Å². The molecule has 3 rings (SSSR count). The van der Waals surface area contributed by atoms with Crippen LogP contribution in [-0.4, -0.2) is 16.5 Å². The lowest BCUT2D eigenvalue weighted by atomic mass is 10.1. The van der Waals surface area contributed by atoms with Gasteiger partial charge in [-0.15, -0.1) is 0 Å². The first-order valence-electron chi connectivity index (χ1n) is 7.49. The van der Waals surface area contributed by atoms with Crippen molar-refractivity contribution in [3.8, 4) is 11.4 Å². The van der Waals surface area contributed by atoms with Crippen molar-refractivity contribution in [2.45, 2.75) is 39.5 Å². The lowest BCUT2D eigenvalue weighted by Gasteiger charge is -2.12. The number of aryl methyl sites for hydroxylation is 2. The number of hydrogen-bond donors (Lipinski definition) is 1. The molecule has 0 unspecified atom stereocenters. The van der Waals surface area contributed by atoms with Gasteiger partial charge in [-0.05, 0) is 66.7 Å². The third-order valence-corrected chi connectivity index (χ3v) is 4.73. The highest BCUT2D eigenvalue weighted by Crippen LogP contribution is 2.44. The van der Waals surface area contributed by atoms with Gasteiger partial charge in [-0.2, -0.15) is 0 Å². The quantitative estimate of drug-likeness (QED) is 0.861. The largest absolute Gasteiger partial charge is 0.369 e. The van der Waals surface area contributed by atoms with E-state index in [0.29, 0.717) is 5.92 Å². The maximum absolute atomic E-state index is 4.82. The van der Waals surface area contributed by atoms with Gasteiger partial charge in [0.25, 0.3) is 0 Å². The van der Waals surface area contributed by atoms with E-state index in [2.05, 4.69) is 60.2 Å². The topological polar surface area (TPSA) is 37.8 Å². The van der Waals surface area contributed by atoms with Crippen molar-refractivity contribution in [2.75, 3.05) is 11.9 Å². The Hall–Kier alpha value is -1.42. The lowest BCUT2D eigenvalue weighted by Crippen LogP contribution is -2.06. The van der Waals surface area contributed by atoms with Crippen LogP contribution < -0.4 is 5.32 Å². The molecule has 4 heteroatoms. The number of nitrogens with zero attached hydrogens (tertiary/aromatic N) is 2. The third-order valence-electron chi connectivity index (χ3n) is 3.95. The summed E-state index contributed by atoms with van der Waals surface area (Å²) in [5.41, 5.74) is 4.81. The summed E-state index contributed by atoms with van der Waals surface area (Å²) in [6.45, 7) is 7.19. The number of nitrogens with one attached hydrogen (secondary N) is 1. The maximum Gasteiger partial charge on any atom is 0.161 e. The van der Waals surface area contributed by atoms with Gasteiger partial charge < -0.3 is 5.32 Å². The molecule has 0 radical (unpaired) electrons. The molecule has 1 N–H and O–H groups in total. The molecule has 0 aliphatic heterocycles. The Bertz CT molecular complexity index is 678. The van der Waals surface area contributed by atoms with Gasteiger partial charge in [-0.25, -0.2) is 9.97 Å². The molecule has 3 nitrogen and oxygen atoms in total. The van der Waals surface area contributed by atoms with E-state index >= 15 is 0 Å². The molecule has 1 aromatic heterocycles. The van der Waals surface area contributed by atoms with Gasteiger partial charge in [0.15, 0.2) is 5.82 Å². The highest BCUT2D eigenvalue weighted by Gasteiger charge is 2.29. The van der Waals surface area contributed by atoms with Gasteiger partial charge in [0.2, 0.25) is 0 Å². The number of rotatable bonds is 4. The van der Waals surface area contributed by atoms with Crippen LogP contribution in [0.15, 0.2) is 22.7 Å². The van der Waals surface area contributed by atoms with E-state index in [1.807, 2.05) is 0 Å². The number of benzene rings is 1. The second-order valence-electron chi connectivity index (χ2n) is 5.70. The van der Waals surface area contributed by atoms with Crippen LogP contribution in [0.5, 0.6) is 0 Å². The molecule has 2 aromatic rings. The number of anilines is 1. The minimum absolute atomic E-state index is 0.588. The van der Waals surface area contributed by atoms with E-state index in [1.165, 1.54) is 24.0 Å². The Morgan fingerprint density at radius 3 is 2.57 bits per heavy atom. The van der Waals surface area contributed by atoms with Gasteiger partial charge in [-0.3, -0.25) is 0 Å². The number of hydrogen-bond acceptors (Lipinski definition) is 3. The first-order chi connectivity index (χ1) is 10.1. The van der Waals surface area contributed by atoms with E-state index in [9.17, 15) is 0 Å². The standard InChI is InChI=1S/C17H20BrN3/c1-4-19-17-14(18)15(12-7-8-12)20-16(21-17)13-6-5-10(2)11(3)9-13/h5-6,9,12H,4,7-8H2,1-3H3,(H,19,20,21). The van der Waals surface area contributed by atoms with Crippen molar-refractivity contribution in [1.82, 2.24) is 9.97 Å². The molecule has 1 aliphatic carbocycles. The summed E-state index contributed by atoms with van der Waals surface area (Å²) in [5.74, 6) is 2.31. The van der Waals surface area contributed by atoms with Crippen LogP contribution in [0.2, 0.25) is 0 Å². The van der Waals surface area contributed by atoms with Crippen LogP contribution in [-0.2, 0) is 0 Å². The molecule has 1 heterocycles. The van der Waals surface area contributed by atoms with Gasteiger partial charge in [0, 0.05) is 18.0 Å². The average Bonchev–Trinajstić information content (AvgIpc) is 3.29. The first kappa shape index (κ1) is 14.5. The second-order valence-corrected chi connectivity index (χ2v) is 6.49. The summed E-state index contributed by atoms with van der Waals surface area (Å²) in [5, 5.41) is 3.34. The minimum Gasteiger partial charge on any atom is -0.369 e. The highest BCUT2D eigenvalue weighted by molar-refractivity contribution is 9.10. The van der Waals surface area contributed by atoms with Crippen molar-refractivity contribution in [2.24, 2.45) is 0 Å². The highest BCUT2D eigenvalue weighted by atomic mass is 79.9. The molecule has 0 atom stereocenters. The van der Waals surface area contributed by atoms with Gasteiger partial charge in [0.05, 0.1) is 10.2 Å². The smallest absolute Gasteiger partial charge is 0.161 e. The molecular formula is C17H20BrN3. The Labute approximate surface area is 134 Å². The van der Waals surface area contributed by atoms with Gasteiger partial charge in [0.1, 0.15) is 5.82 Å². The SMILES string of the molecule is CCNc1nc(-c2ccc(C)c(C)c2)nc(C2CC2)c1Br. The van der Waals surface area contributed by atoms with E-state index in [1.54, 1.807) is 0 Å². The Morgan fingerprint density at radius 1 is 1.19 bits per heavy atom.